The summed E-state index contributed by atoms with van der Waals surface area (Å²) in [5.41, 5.74) is 3.45. The minimum absolute atomic E-state index is 0.0635. The number of benzene rings is 1. The van der Waals surface area contributed by atoms with Crippen molar-refractivity contribution in [1.29, 1.82) is 0 Å². The molecule has 24 heavy (non-hydrogen) atoms. The standard InChI is InChI=1S/C20H21N3O/c1-14(2)19-13-17(16-8-3-4-9-18(16)23-19)20(24)22-12-10-15-7-5-6-11-21-15/h3-9,11,13-14H,10,12H2,1-2H3,(H,22,24). The average molecular weight is 319 g/mol. The third kappa shape index (κ3) is 3.59. The van der Waals surface area contributed by atoms with Crippen LogP contribution in [0.5, 0.6) is 0 Å². The molecule has 0 radical (unpaired) electrons. The van der Waals surface area contributed by atoms with E-state index in [0.29, 0.717) is 18.5 Å². The van der Waals surface area contributed by atoms with Crippen LogP contribution < -0.4 is 5.32 Å². The second-order valence-electron chi connectivity index (χ2n) is 6.09. The van der Waals surface area contributed by atoms with Crippen molar-refractivity contribution < 1.29 is 4.79 Å². The molecule has 0 aliphatic rings. The van der Waals surface area contributed by atoms with Crippen molar-refractivity contribution >= 4 is 16.8 Å². The predicted molar refractivity (Wildman–Crippen MR) is 96.1 cm³/mol. The number of carbonyl (C=O) groups is 1. The molecule has 4 heteroatoms. The van der Waals surface area contributed by atoms with Gasteiger partial charge in [-0.05, 0) is 30.2 Å². The van der Waals surface area contributed by atoms with Crippen LogP contribution in [0, 0.1) is 0 Å². The Morgan fingerprint density at radius 1 is 1.12 bits per heavy atom. The second-order valence-corrected chi connectivity index (χ2v) is 6.09. The summed E-state index contributed by atoms with van der Waals surface area (Å²) in [6, 6.07) is 15.5. The maximum absolute atomic E-state index is 12.7. The van der Waals surface area contributed by atoms with Gasteiger partial charge in [0.1, 0.15) is 0 Å². The summed E-state index contributed by atoms with van der Waals surface area (Å²) in [5, 5.41) is 3.89. The van der Waals surface area contributed by atoms with E-state index in [9.17, 15) is 4.79 Å². The van der Waals surface area contributed by atoms with Crippen LogP contribution in [-0.2, 0) is 6.42 Å². The van der Waals surface area contributed by atoms with E-state index in [2.05, 4.69) is 29.1 Å². The number of rotatable bonds is 5. The van der Waals surface area contributed by atoms with Crippen LogP contribution in [-0.4, -0.2) is 22.4 Å². The fourth-order valence-corrected chi connectivity index (χ4v) is 2.62. The Bertz CT molecular complexity index is 844. The van der Waals surface area contributed by atoms with E-state index in [1.165, 1.54) is 0 Å². The van der Waals surface area contributed by atoms with Gasteiger partial charge in [-0.2, -0.15) is 0 Å². The highest BCUT2D eigenvalue weighted by molar-refractivity contribution is 6.06. The summed E-state index contributed by atoms with van der Waals surface area (Å²) >= 11 is 0. The molecule has 0 aliphatic heterocycles. The third-order valence-corrected chi connectivity index (χ3v) is 3.96. The Morgan fingerprint density at radius 2 is 1.92 bits per heavy atom. The lowest BCUT2D eigenvalue weighted by molar-refractivity contribution is 0.0955. The first-order chi connectivity index (χ1) is 11.6. The lowest BCUT2D eigenvalue weighted by atomic mass is 10.0. The van der Waals surface area contributed by atoms with Crippen molar-refractivity contribution in [2.45, 2.75) is 26.2 Å². The van der Waals surface area contributed by atoms with Crippen molar-refractivity contribution in [3.05, 3.63) is 71.7 Å². The lowest BCUT2D eigenvalue weighted by Crippen LogP contribution is -2.26. The molecule has 3 aromatic rings. The van der Waals surface area contributed by atoms with Gasteiger partial charge in [-0.25, -0.2) is 0 Å². The van der Waals surface area contributed by atoms with E-state index in [1.807, 2.05) is 48.5 Å². The van der Waals surface area contributed by atoms with Crippen LogP contribution >= 0.6 is 0 Å². The Morgan fingerprint density at radius 3 is 2.67 bits per heavy atom. The molecule has 0 saturated heterocycles. The molecule has 0 spiro atoms. The number of pyridine rings is 2. The Hall–Kier alpha value is -2.75. The number of fused-ring (bicyclic) bond motifs is 1. The summed E-state index contributed by atoms with van der Waals surface area (Å²) in [5.74, 6) is 0.209. The van der Waals surface area contributed by atoms with Crippen molar-refractivity contribution in [2.75, 3.05) is 6.54 Å². The molecular formula is C20H21N3O. The van der Waals surface area contributed by atoms with Gasteiger partial charge in [-0.3, -0.25) is 14.8 Å². The van der Waals surface area contributed by atoms with Gasteiger partial charge in [0.2, 0.25) is 0 Å². The molecule has 122 valence electrons. The van der Waals surface area contributed by atoms with Gasteiger partial charge in [-0.15, -0.1) is 0 Å². The van der Waals surface area contributed by atoms with Crippen molar-refractivity contribution in [1.82, 2.24) is 15.3 Å². The highest BCUT2D eigenvalue weighted by Gasteiger charge is 2.14. The zero-order valence-corrected chi connectivity index (χ0v) is 14.0. The summed E-state index contributed by atoms with van der Waals surface area (Å²) in [7, 11) is 0. The van der Waals surface area contributed by atoms with E-state index >= 15 is 0 Å². The molecular weight excluding hydrogens is 298 g/mol. The van der Waals surface area contributed by atoms with Gasteiger partial charge in [0.15, 0.2) is 0 Å². The molecule has 2 aromatic heterocycles. The van der Waals surface area contributed by atoms with Crippen molar-refractivity contribution in [3.8, 4) is 0 Å². The topological polar surface area (TPSA) is 54.9 Å². The molecule has 0 unspecified atom stereocenters. The number of carbonyl (C=O) groups excluding carboxylic acids is 1. The maximum atomic E-state index is 12.7. The smallest absolute Gasteiger partial charge is 0.252 e. The van der Waals surface area contributed by atoms with Gasteiger partial charge >= 0.3 is 0 Å². The number of hydrogen-bond acceptors (Lipinski definition) is 3. The molecule has 0 atom stereocenters. The average Bonchev–Trinajstić information content (AvgIpc) is 2.61. The van der Waals surface area contributed by atoms with Crippen LogP contribution in [0.25, 0.3) is 10.9 Å². The van der Waals surface area contributed by atoms with Crippen LogP contribution in [0.1, 0.15) is 41.5 Å². The first-order valence-electron chi connectivity index (χ1n) is 8.23. The molecule has 1 amide bonds. The van der Waals surface area contributed by atoms with E-state index in [-0.39, 0.29) is 11.8 Å². The minimum atomic E-state index is -0.0635. The van der Waals surface area contributed by atoms with Gasteiger partial charge in [0, 0.05) is 35.9 Å². The van der Waals surface area contributed by atoms with Crippen LogP contribution in [0.15, 0.2) is 54.7 Å². The lowest BCUT2D eigenvalue weighted by Gasteiger charge is -2.12. The molecule has 0 fully saturated rings. The number of nitrogens with one attached hydrogen (secondary N) is 1. The Balaban J connectivity index is 1.81. The van der Waals surface area contributed by atoms with Crippen molar-refractivity contribution in [3.63, 3.8) is 0 Å². The predicted octanol–water partition coefficient (Wildman–Crippen LogP) is 3.73. The molecule has 1 N–H and O–H groups in total. The van der Waals surface area contributed by atoms with Gasteiger partial charge in [-0.1, -0.05) is 38.1 Å². The first kappa shape index (κ1) is 16.1. The quantitative estimate of drug-likeness (QED) is 0.779. The number of nitrogens with zero attached hydrogens (tertiary/aromatic N) is 2. The van der Waals surface area contributed by atoms with E-state index in [0.717, 1.165) is 22.3 Å². The van der Waals surface area contributed by atoms with Crippen LogP contribution in [0.4, 0.5) is 0 Å². The maximum Gasteiger partial charge on any atom is 0.252 e. The normalized spacial score (nSPS) is 11.0. The van der Waals surface area contributed by atoms with E-state index < -0.39 is 0 Å². The highest BCUT2D eigenvalue weighted by atomic mass is 16.1. The molecule has 3 rings (SSSR count). The monoisotopic (exact) mass is 319 g/mol. The fourth-order valence-electron chi connectivity index (χ4n) is 2.62. The molecule has 1 aromatic carbocycles. The number of amides is 1. The Kier molecular flexibility index (Phi) is 4.85. The van der Waals surface area contributed by atoms with E-state index in [4.69, 9.17) is 0 Å². The number of hydrogen-bond donors (Lipinski definition) is 1. The summed E-state index contributed by atoms with van der Waals surface area (Å²) < 4.78 is 0. The number of aromatic nitrogens is 2. The Labute approximate surface area is 142 Å². The summed E-state index contributed by atoms with van der Waals surface area (Å²) in [4.78, 5) is 21.6. The van der Waals surface area contributed by atoms with Crippen molar-refractivity contribution in [2.24, 2.45) is 0 Å². The zero-order valence-electron chi connectivity index (χ0n) is 14.0. The fraction of sp³-hybridized carbons (Fsp3) is 0.250. The zero-order chi connectivity index (χ0) is 16.9. The van der Waals surface area contributed by atoms with Gasteiger partial charge < -0.3 is 5.32 Å². The molecule has 4 nitrogen and oxygen atoms in total. The summed E-state index contributed by atoms with van der Waals surface area (Å²) in [6.45, 7) is 4.73. The highest BCUT2D eigenvalue weighted by Crippen LogP contribution is 2.22. The molecule has 0 aliphatic carbocycles. The van der Waals surface area contributed by atoms with Crippen LogP contribution in [0.2, 0.25) is 0 Å². The number of para-hydroxylation sites is 1. The van der Waals surface area contributed by atoms with Crippen LogP contribution in [0.3, 0.4) is 0 Å². The minimum Gasteiger partial charge on any atom is -0.352 e. The summed E-state index contributed by atoms with van der Waals surface area (Å²) in [6.07, 6.45) is 2.48. The molecule has 2 heterocycles. The van der Waals surface area contributed by atoms with E-state index in [1.54, 1.807) is 6.20 Å². The van der Waals surface area contributed by atoms with Gasteiger partial charge in [0.25, 0.3) is 5.91 Å². The first-order valence-corrected chi connectivity index (χ1v) is 8.23. The molecule has 0 bridgehead atoms. The SMILES string of the molecule is CC(C)c1cc(C(=O)NCCc2ccccn2)c2ccccc2n1. The third-order valence-electron chi connectivity index (χ3n) is 3.96. The second kappa shape index (κ2) is 7.21. The van der Waals surface area contributed by atoms with Gasteiger partial charge in [0.05, 0.1) is 11.1 Å². The largest absolute Gasteiger partial charge is 0.352 e. The molecule has 0 saturated carbocycles.